The van der Waals surface area contributed by atoms with Crippen LogP contribution in [0.4, 0.5) is 4.39 Å². The fraction of sp³-hybridized carbons (Fsp3) is 0.138. The molecule has 0 bridgehead atoms. The summed E-state index contributed by atoms with van der Waals surface area (Å²) in [6.07, 6.45) is 0.533. The quantitative estimate of drug-likeness (QED) is 0.175. The maximum Gasteiger partial charge on any atom is 0.261 e. The van der Waals surface area contributed by atoms with E-state index in [2.05, 4.69) is 31.4 Å². The molecule has 3 aromatic heterocycles. The van der Waals surface area contributed by atoms with E-state index in [1.807, 2.05) is 57.8 Å². The van der Waals surface area contributed by atoms with E-state index in [0.29, 0.717) is 22.3 Å². The number of benzene rings is 2. The number of rotatable bonds is 9. The zero-order valence-corrected chi connectivity index (χ0v) is 25.9. The van der Waals surface area contributed by atoms with E-state index >= 15 is 0 Å². The molecule has 212 valence electrons. The molecule has 0 spiro atoms. The molecule has 0 radical (unpaired) electrons. The average Bonchev–Trinajstić information content (AvgIpc) is 3.82. The number of thioether (sulfide) groups is 1. The van der Waals surface area contributed by atoms with Crippen LogP contribution >= 0.6 is 50.4 Å². The zero-order valence-electron chi connectivity index (χ0n) is 21.8. The maximum atomic E-state index is 13.7. The lowest BCUT2D eigenvalue weighted by molar-refractivity contribution is -0.130. The van der Waals surface area contributed by atoms with Crippen LogP contribution in [0.15, 0.2) is 98.3 Å². The molecule has 5 aromatic rings. The molecule has 1 atom stereocenters. The van der Waals surface area contributed by atoms with Gasteiger partial charge in [0.1, 0.15) is 5.82 Å². The molecule has 0 aliphatic carbocycles. The average molecular weight is 682 g/mol. The SMILES string of the molecule is O=C(NCc1nnc(SCC(=O)N2N=C(c3cccs3)C[C@H]2c2ccc(F)cc2)n1-c1ccc(Br)cc1)c1cccs1. The summed E-state index contributed by atoms with van der Waals surface area (Å²) in [5, 5.41) is 22.1. The minimum atomic E-state index is -0.344. The maximum absolute atomic E-state index is 13.7. The van der Waals surface area contributed by atoms with Gasteiger partial charge in [0, 0.05) is 16.6 Å². The molecule has 8 nitrogen and oxygen atoms in total. The van der Waals surface area contributed by atoms with Gasteiger partial charge in [0.05, 0.1) is 33.8 Å². The van der Waals surface area contributed by atoms with Crippen molar-refractivity contribution >= 4 is 67.9 Å². The lowest BCUT2D eigenvalue weighted by Crippen LogP contribution is -2.28. The number of hydrogen-bond donors (Lipinski definition) is 1. The summed E-state index contributed by atoms with van der Waals surface area (Å²) in [4.78, 5) is 27.8. The third kappa shape index (κ3) is 6.24. The molecule has 1 N–H and O–H groups in total. The van der Waals surface area contributed by atoms with E-state index in [0.717, 1.165) is 26.3 Å². The van der Waals surface area contributed by atoms with Gasteiger partial charge in [-0.1, -0.05) is 52.0 Å². The van der Waals surface area contributed by atoms with Crippen LogP contribution in [-0.2, 0) is 11.3 Å². The van der Waals surface area contributed by atoms with Gasteiger partial charge in [-0.05, 0) is 64.9 Å². The molecule has 0 unspecified atom stereocenters. The van der Waals surface area contributed by atoms with Crippen molar-refractivity contribution in [1.29, 1.82) is 0 Å². The summed E-state index contributed by atoms with van der Waals surface area (Å²) in [5.41, 5.74) is 2.42. The number of hydrogen-bond acceptors (Lipinski definition) is 8. The standard InChI is InChI=1S/C29H22BrFN6O2S3/c30-19-7-11-21(12-8-19)36-26(16-32-28(39)25-4-2-14-41-25)33-34-29(36)42-17-27(38)37-23(18-5-9-20(31)10-6-18)15-22(35-37)24-3-1-13-40-24/h1-14,23H,15-17H2,(H,32,39)/t23-/m0/s1. The Morgan fingerprint density at radius 3 is 2.48 bits per heavy atom. The molecule has 2 aromatic carbocycles. The Balaban J connectivity index is 1.24. The molecule has 1 aliphatic heterocycles. The Hall–Kier alpha value is -3.65. The van der Waals surface area contributed by atoms with Crippen molar-refractivity contribution in [1.82, 2.24) is 25.1 Å². The second kappa shape index (κ2) is 12.7. The van der Waals surface area contributed by atoms with Gasteiger partial charge in [-0.2, -0.15) is 5.10 Å². The number of hydrazone groups is 1. The number of carbonyl (C=O) groups is 2. The summed E-state index contributed by atoms with van der Waals surface area (Å²) < 4.78 is 16.4. The van der Waals surface area contributed by atoms with Crippen molar-refractivity contribution in [3.8, 4) is 5.69 Å². The van der Waals surface area contributed by atoms with Gasteiger partial charge in [-0.25, -0.2) is 9.40 Å². The largest absolute Gasteiger partial charge is 0.344 e. The Labute approximate surface area is 261 Å². The molecule has 2 amide bonds. The van der Waals surface area contributed by atoms with Crippen molar-refractivity contribution in [2.45, 2.75) is 24.2 Å². The predicted molar refractivity (Wildman–Crippen MR) is 167 cm³/mol. The number of carbonyl (C=O) groups excluding carboxylic acids is 2. The first-order valence-electron chi connectivity index (χ1n) is 12.8. The van der Waals surface area contributed by atoms with E-state index in [9.17, 15) is 14.0 Å². The van der Waals surface area contributed by atoms with Crippen LogP contribution in [-0.4, -0.2) is 43.1 Å². The Morgan fingerprint density at radius 2 is 1.76 bits per heavy atom. The molecular weight excluding hydrogens is 659 g/mol. The van der Waals surface area contributed by atoms with Gasteiger partial charge in [0.15, 0.2) is 11.0 Å². The van der Waals surface area contributed by atoms with Crippen molar-refractivity contribution in [3.05, 3.63) is 115 Å². The highest BCUT2D eigenvalue weighted by molar-refractivity contribution is 9.10. The van der Waals surface area contributed by atoms with Crippen molar-refractivity contribution in [2.24, 2.45) is 5.10 Å². The Morgan fingerprint density at radius 1 is 1.00 bits per heavy atom. The van der Waals surface area contributed by atoms with Crippen molar-refractivity contribution in [2.75, 3.05) is 5.75 Å². The smallest absolute Gasteiger partial charge is 0.261 e. The minimum absolute atomic E-state index is 0.0507. The van der Waals surface area contributed by atoms with Crippen molar-refractivity contribution in [3.63, 3.8) is 0 Å². The summed E-state index contributed by atoms with van der Waals surface area (Å²) in [5.74, 6) is -0.159. The van der Waals surface area contributed by atoms with E-state index < -0.39 is 0 Å². The third-order valence-corrected chi connectivity index (χ3v) is 9.72. The summed E-state index contributed by atoms with van der Waals surface area (Å²) in [6, 6.07) is 21.0. The second-order valence-corrected chi connectivity index (χ2v) is 12.9. The van der Waals surface area contributed by atoms with Crippen LogP contribution in [0, 0.1) is 5.82 Å². The zero-order chi connectivity index (χ0) is 29.1. The monoisotopic (exact) mass is 680 g/mol. The minimum Gasteiger partial charge on any atom is -0.344 e. The molecule has 4 heterocycles. The lowest BCUT2D eigenvalue weighted by atomic mass is 10.0. The van der Waals surface area contributed by atoms with Crippen LogP contribution in [0.5, 0.6) is 0 Å². The third-order valence-electron chi connectivity index (χ3n) is 6.49. The van der Waals surface area contributed by atoms with Gasteiger partial charge < -0.3 is 5.32 Å². The van der Waals surface area contributed by atoms with Crippen LogP contribution in [0.1, 0.15) is 38.4 Å². The molecule has 13 heteroatoms. The number of nitrogens with one attached hydrogen (secondary N) is 1. The van der Waals surface area contributed by atoms with E-state index in [-0.39, 0.29) is 36.0 Å². The summed E-state index contributed by atoms with van der Waals surface area (Å²) in [6.45, 7) is 0.154. The highest BCUT2D eigenvalue weighted by Crippen LogP contribution is 2.35. The van der Waals surface area contributed by atoms with E-state index in [1.165, 1.54) is 40.2 Å². The molecule has 1 aliphatic rings. The van der Waals surface area contributed by atoms with Crippen LogP contribution in [0.2, 0.25) is 0 Å². The van der Waals surface area contributed by atoms with Crippen molar-refractivity contribution < 1.29 is 14.0 Å². The number of halogens is 2. The molecule has 6 rings (SSSR count). The first kappa shape index (κ1) is 28.5. The number of aromatic nitrogens is 3. The molecule has 0 saturated carbocycles. The van der Waals surface area contributed by atoms with E-state index in [1.54, 1.807) is 29.5 Å². The van der Waals surface area contributed by atoms with Crippen LogP contribution in [0.25, 0.3) is 5.69 Å². The molecule has 0 saturated heterocycles. The normalized spacial score (nSPS) is 14.7. The molecule has 42 heavy (non-hydrogen) atoms. The fourth-order valence-corrected chi connectivity index (χ4v) is 6.93. The predicted octanol–water partition coefficient (Wildman–Crippen LogP) is 6.69. The number of nitrogens with zero attached hydrogens (tertiary/aromatic N) is 5. The Bertz CT molecular complexity index is 1720. The van der Waals surface area contributed by atoms with Crippen LogP contribution in [0.3, 0.4) is 0 Å². The number of thiophene rings is 2. The number of amides is 2. The molecule has 0 fully saturated rings. The second-order valence-electron chi connectivity index (χ2n) is 9.19. The Kier molecular flexibility index (Phi) is 8.60. The lowest BCUT2D eigenvalue weighted by Gasteiger charge is -2.22. The first-order chi connectivity index (χ1) is 20.5. The fourth-order valence-electron chi connectivity index (χ4n) is 4.48. The van der Waals surface area contributed by atoms with Gasteiger partial charge in [0.2, 0.25) is 0 Å². The van der Waals surface area contributed by atoms with Gasteiger partial charge in [0.25, 0.3) is 11.8 Å². The highest BCUT2D eigenvalue weighted by Gasteiger charge is 2.33. The van der Waals surface area contributed by atoms with Gasteiger partial charge in [-0.3, -0.25) is 14.2 Å². The van der Waals surface area contributed by atoms with Crippen LogP contribution < -0.4 is 5.32 Å². The van der Waals surface area contributed by atoms with E-state index in [4.69, 9.17) is 5.10 Å². The van der Waals surface area contributed by atoms with Gasteiger partial charge >= 0.3 is 0 Å². The van der Waals surface area contributed by atoms with Gasteiger partial charge in [-0.15, -0.1) is 32.9 Å². The highest BCUT2D eigenvalue weighted by atomic mass is 79.9. The summed E-state index contributed by atoms with van der Waals surface area (Å²) >= 11 is 7.64. The molecular formula is C29H22BrFN6O2S3. The first-order valence-corrected chi connectivity index (χ1v) is 16.3. The topological polar surface area (TPSA) is 92.5 Å². The summed E-state index contributed by atoms with van der Waals surface area (Å²) in [7, 11) is 0.